The van der Waals surface area contributed by atoms with Gasteiger partial charge < -0.3 is 10.3 Å². The van der Waals surface area contributed by atoms with Gasteiger partial charge in [-0.1, -0.05) is 35.5 Å². The largest absolute Gasteiger partial charge is 0.325 e. The topological polar surface area (TPSA) is 109 Å². The summed E-state index contributed by atoms with van der Waals surface area (Å²) < 4.78 is 25.3. The van der Waals surface area contributed by atoms with Crippen molar-refractivity contribution in [3.63, 3.8) is 0 Å². The highest BCUT2D eigenvalue weighted by Gasteiger charge is 2.22. The molecule has 0 fully saturated rings. The molecule has 1 aromatic heterocycles. The number of amides is 1. The molecule has 30 heavy (non-hydrogen) atoms. The number of H-pyrrole nitrogens is 1. The van der Waals surface area contributed by atoms with Gasteiger partial charge >= 0.3 is 0 Å². The van der Waals surface area contributed by atoms with Crippen molar-refractivity contribution in [2.24, 2.45) is 0 Å². The molecule has 0 saturated carbocycles. The average molecular weight is 464 g/mol. The Hall–Kier alpha value is -2.62. The van der Waals surface area contributed by atoms with Gasteiger partial charge in [0.25, 0.3) is 5.56 Å². The Labute approximate surface area is 182 Å². The molecule has 3 rings (SSSR count). The van der Waals surface area contributed by atoms with Crippen molar-refractivity contribution in [3.05, 3.63) is 75.2 Å². The molecule has 0 bridgehead atoms. The van der Waals surface area contributed by atoms with Gasteiger partial charge in [0, 0.05) is 10.7 Å². The van der Waals surface area contributed by atoms with Crippen LogP contribution in [0.3, 0.4) is 0 Å². The number of aromatic nitrogens is 2. The Morgan fingerprint density at radius 3 is 2.53 bits per heavy atom. The summed E-state index contributed by atoms with van der Waals surface area (Å²) in [4.78, 5) is 30.4. The highest BCUT2D eigenvalue weighted by Crippen LogP contribution is 2.21. The van der Waals surface area contributed by atoms with E-state index in [-0.39, 0.29) is 21.7 Å². The number of rotatable bonds is 6. The second-order valence-corrected chi connectivity index (χ2v) is 9.74. The molecule has 0 aliphatic carbocycles. The SMILES string of the molecule is Cc1cccc(NC(=O)CSc2ncc(S(=O)(=O)c3ccc(Cl)cc3)c(=O)[nH]2)c1C. The van der Waals surface area contributed by atoms with E-state index in [9.17, 15) is 18.0 Å². The summed E-state index contributed by atoms with van der Waals surface area (Å²) in [6.45, 7) is 3.87. The first-order valence-electron chi connectivity index (χ1n) is 8.77. The summed E-state index contributed by atoms with van der Waals surface area (Å²) in [5, 5.41) is 3.34. The number of anilines is 1. The molecule has 0 spiro atoms. The quantitative estimate of drug-likeness (QED) is 0.427. The zero-order valence-corrected chi connectivity index (χ0v) is 18.5. The summed E-state index contributed by atoms with van der Waals surface area (Å²) in [5.41, 5.74) is 1.94. The van der Waals surface area contributed by atoms with E-state index in [4.69, 9.17) is 11.6 Å². The molecule has 0 aliphatic heterocycles. The number of halogens is 1. The van der Waals surface area contributed by atoms with Crippen molar-refractivity contribution in [3.8, 4) is 0 Å². The van der Waals surface area contributed by atoms with Gasteiger partial charge in [0.1, 0.15) is 0 Å². The van der Waals surface area contributed by atoms with Crippen LogP contribution in [0, 0.1) is 13.8 Å². The Balaban J connectivity index is 1.71. The van der Waals surface area contributed by atoms with Gasteiger partial charge in [0.2, 0.25) is 15.7 Å². The van der Waals surface area contributed by atoms with Crippen LogP contribution >= 0.6 is 23.4 Å². The lowest BCUT2D eigenvalue weighted by atomic mass is 10.1. The van der Waals surface area contributed by atoms with Crippen LogP contribution in [0.5, 0.6) is 0 Å². The monoisotopic (exact) mass is 463 g/mol. The third-order valence-corrected chi connectivity index (χ3v) is 7.28. The van der Waals surface area contributed by atoms with E-state index < -0.39 is 20.3 Å². The van der Waals surface area contributed by atoms with Crippen LogP contribution < -0.4 is 10.9 Å². The highest BCUT2D eigenvalue weighted by atomic mass is 35.5. The van der Waals surface area contributed by atoms with E-state index in [0.29, 0.717) is 10.7 Å². The molecule has 2 N–H and O–H groups in total. The third-order valence-electron chi connectivity index (χ3n) is 4.38. The Kier molecular flexibility index (Phi) is 6.64. The average Bonchev–Trinajstić information content (AvgIpc) is 2.70. The third kappa shape index (κ3) is 4.92. The second kappa shape index (κ2) is 9.03. The molecule has 0 saturated heterocycles. The number of sulfone groups is 1. The Morgan fingerprint density at radius 2 is 1.87 bits per heavy atom. The molecule has 0 atom stereocenters. The maximum atomic E-state index is 12.6. The van der Waals surface area contributed by atoms with Gasteiger partial charge in [-0.3, -0.25) is 9.59 Å². The van der Waals surface area contributed by atoms with Gasteiger partial charge in [0.15, 0.2) is 10.1 Å². The smallest absolute Gasteiger partial charge is 0.270 e. The summed E-state index contributed by atoms with van der Waals surface area (Å²) in [5.74, 6) is -0.270. The number of carbonyl (C=O) groups is 1. The molecule has 10 heteroatoms. The lowest BCUT2D eigenvalue weighted by Crippen LogP contribution is -2.20. The van der Waals surface area contributed by atoms with E-state index in [0.717, 1.165) is 29.1 Å². The van der Waals surface area contributed by atoms with E-state index in [2.05, 4.69) is 15.3 Å². The van der Waals surface area contributed by atoms with Crippen molar-refractivity contribution in [2.45, 2.75) is 28.8 Å². The lowest BCUT2D eigenvalue weighted by molar-refractivity contribution is -0.113. The van der Waals surface area contributed by atoms with E-state index in [1.54, 1.807) is 6.07 Å². The molecule has 7 nitrogen and oxygen atoms in total. The zero-order chi connectivity index (χ0) is 21.9. The first kappa shape index (κ1) is 22.1. The highest BCUT2D eigenvalue weighted by molar-refractivity contribution is 7.99. The van der Waals surface area contributed by atoms with Crippen LogP contribution in [0.1, 0.15) is 11.1 Å². The molecule has 3 aromatic rings. The Morgan fingerprint density at radius 1 is 1.17 bits per heavy atom. The number of thioether (sulfide) groups is 1. The van der Waals surface area contributed by atoms with Crippen LogP contribution in [0.4, 0.5) is 5.69 Å². The molecular formula is C20H18ClN3O4S2. The van der Waals surface area contributed by atoms with Gasteiger partial charge in [-0.2, -0.15) is 0 Å². The van der Waals surface area contributed by atoms with Crippen molar-refractivity contribution in [2.75, 3.05) is 11.1 Å². The van der Waals surface area contributed by atoms with E-state index in [1.807, 2.05) is 26.0 Å². The molecule has 2 aromatic carbocycles. The maximum Gasteiger partial charge on any atom is 0.270 e. The molecule has 0 aliphatic rings. The number of hydrogen-bond acceptors (Lipinski definition) is 6. The molecule has 156 valence electrons. The number of carbonyl (C=O) groups excluding carboxylic acids is 1. The van der Waals surface area contributed by atoms with Crippen molar-refractivity contribution < 1.29 is 13.2 Å². The van der Waals surface area contributed by atoms with Gasteiger partial charge in [-0.05, 0) is 55.3 Å². The minimum absolute atomic E-state index is 0.000394. The fourth-order valence-electron chi connectivity index (χ4n) is 2.58. The number of nitrogens with zero attached hydrogens (tertiary/aromatic N) is 1. The fourth-order valence-corrected chi connectivity index (χ4v) is 4.57. The number of nitrogens with one attached hydrogen (secondary N) is 2. The van der Waals surface area contributed by atoms with Crippen molar-refractivity contribution in [1.29, 1.82) is 0 Å². The van der Waals surface area contributed by atoms with Crippen LogP contribution in [-0.4, -0.2) is 30.0 Å². The van der Waals surface area contributed by atoms with E-state index >= 15 is 0 Å². The van der Waals surface area contributed by atoms with Gasteiger partial charge in [0.05, 0.1) is 16.8 Å². The first-order chi connectivity index (χ1) is 14.2. The summed E-state index contributed by atoms with van der Waals surface area (Å²) in [6, 6.07) is 11.1. The second-order valence-electron chi connectivity index (χ2n) is 6.42. The Bertz CT molecular complexity index is 1260. The first-order valence-corrected chi connectivity index (χ1v) is 11.6. The summed E-state index contributed by atoms with van der Waals surface area (Å²) in [7, 11) is -4.04. The van der Waals surface area contributed by atoms with Gasteiger partial charge in [-0.15, -0.1) is 0 Å². The molecule has 0 radical (unpaired) electrons. The van der Waals surface area contributed by atoms with E-state index in [1.165, 1.54) is 24.3 Å². The molecule has 1 heterocycles. The predicted octanol–water partition coefficient (Wildman–Crippen LogP) is 3.60. The number of aryl methyl sites for hydroxylation is 1. The lowest BCUT2D eigenvalue weighted by Gasteiger charge is -2.10. The minimum atomic E-state index is -4.04. The predicted molar refractivity (Wildman–Crippen MR) is 117 cm³/mol. The van der Waals surface area contributed by atoms with Crippen LogP contribution in [0.2, 0.25) is 5.02 Å². The van der Waals surface area contributed by atoms with Crippen LogP contribution in [0.25, 0.3) is 0 Å². The zero-order valence-electron chi connectivity index (χ0n) is 16.1. The van der Waals surface area contributed by atoms with Crippen LogP contribution in [0.15, 0.2) is 68.4 Å². The fraction of sp³-hybridized carbons (Fsp3) is 0.150. The number of aromatic amines is 1. The number of benzene rings is 2. The summed E-state index contributed by atoms with van der Waals surface area (Å²) in [6.07, 6.45) is 0.994. The normalized spacial score (nSPS) is 11.3. The molecular weight excluding hydrogens is 446 g/mol. The molecule has 1 amide bonds. The standard InChI is InChI=1S/C20H18ClN3O4S2/c1-12-4-3-5-16(13(12)2)23-18(25)11-29-20-22-10-17(19(26)24-20)30(27,28)15-8-6-14(21)7-9-15/h3-10H,11H2,1-2H3,(H,23,25)(H,22,24,26). The summed E-state index contributed by atoms with van der Waals surface area (Å²) >= 11 is 6.78. The molecule has 0 unspecified atom stereocenters. The maximum absolute atomic E-state index is 12.6. The minimum Gasteiger partial charge on any atom is -0.325 e. The van der Waals surface area contributed by atoms with Crippen LogP contribution in [-0.2, 0) is 14.6 Å². The van der Waals surface area contributed by atoms with Crippen molar-refractivity contribution in [1.82, 2.24) is 9.97 Å². The van der Waals surface area contributed by atoms with Gasteiger partial charge in [-0.25, -0.2) is 13.4 Å². The van der Waals surface area contributed by atoms with Crippen molar-refractivity contribution >= 4 is 44.8 Å². The number of hydrogen-bond donors (Lipinski definition) is 2.